The van der Waals surface area contributed by atoms with Crippen molar-refractivity contribution in [2.75, 3.05) is 24.3 Å². The van der Waals surface area contributed by atoms with Crippen molar-refractivity contribution in [2.24, 2.45) is 0 Å². The highest BCUT2D eigenvalue weighted by Gasteiger charge is 2.32. The number of halogens is 1. The minimum atomic E-state index is -0.849. The third-order valence-corrected chi connectivity index (χ3v) is 6.63. The Bertz CT molecular complexity index is 1380. The summed E-state index contributed by atoms with van der Waals surface area (Å²) < 4.78 is 22.8. The lowest BCUT2D eigenvalue weighted by molar-refractivity contribution is 0.0577. The van der Waals surface area contributed by atoms with Gasteiger partial charge in [-0.05, 0) is 39.2 Å². The second-order valence-corrected chi connectivity index (χ2v) is 9.88. The van der Waals surface area contributed by atoms with Gasteiger partial charge in [-0.25, -0.2) is 14.4 Å². The van der Waals surface area contributed by atoms with E-state index >= 15 is 0 Å². The first-order valence-electron chi connectivity index (χ1n) is 11.9. The summed E-state index contributed by atoms with van der Waals surface area (Å²) in [5.74, 6) is 0.522. The maximum absolute atomic E-state index is 14.5. The highest BCUT2D eigenvalue weighted by atomic mass is 19.1. The zero-order chi connectivity index (χ0) is 24.9. The number of ether oxygens (including phenoxy) is 1. The minimum Gasteiger partial charge on any atom is -0.494 e. The molecule has 186 valence electrons. The molecule has 0 unspecified atom stereocenters. The molecule has 4 heterocycles. The molecule has 35 heavy (non-hydrogen) atoms. The number of hydrogen-bond acceptors (Lipinski definition) is 8. The van der Waals surface area contributed by atoms with E-state index in [0.29, 0.717) is 35.0 Å². The quantitative estimate of drug-likeness (QED) is 0.430. The van der Waals surface area contributed by atoms with Crippen LogP contribution in [0.25, 0.3) is 16.6 Å². The number of piperidine rings is 1. The zero-order valence-electron chi connectivity index (χ0n) is 20.4. The van der Waals surface area contributed by atoms with Crippen molar-refractivity contribution in [1.29, 1.82) is 0 Å². The number of nitrogens with zero attached hydrogens (tertiary/aromatic N) is 7. The fraction of sp³-hybridized carbons (Fsp3) is 0.500. The van der Waals surface area contributed by atoms with Gasteiger partial charge in [-0.3, -0.25) is 4.68 Å². The fourth-order valence-corrected chi connectivity index (χ4v) is 4.94. The molecule has 1 aliphatic heterocycles. The molecular formula is C24H31FN8O2. The molecule has 3 N–H and O–H groups in total. The molecule has 1 saturated heterocycles. The maximum Gasteiger partial charge on any atom is 0.223 e. The van der Waals surface area contributed by atoms with E-state index in [1.165, 1.54) is 23.8 Å². The molecule has 0 saturated carbocycles. The molecule has 0 spiro atoms. The van der Waals surface area contributed by atoms with E-state index < -0.39 is 11.4 Å². The summed E-state index contributed by atoms with van der Waals surface area (Å²) in [7, 11) is 1.41. The van der Waals surface area contributed by atoms with Crippen LogP contribution < -0.4 is 15.4 Å². The number of anilines is 2. The smallest absolute Gasteiger partial charge is 0.223 e. The van der Waals surface area contributed by atoms with Gasteiger partial charge >= 0.3 is 0 Å². The number of rotatable bonds is 6. The maximum atomic E-state index is 14.5. The Balaban J connectivity index is 1.49. The molecule has 4 aromatic rings. The lowest BCUT2D eigenvalue weighted by atomic mass is 9.90. The SMILES string of the molecule is CC[C@@H]1CC[C@H](c2nc3c4cc(F)c(OC)cc4nc(N)n3n2)CN1c1cnn(CC(C)(C)O)c1. The number of aliphatic hydroxyl groups is 1. The summed E-state index contributed by atoms with van der Waals surface area (Å²) in [6, 6.07) is 3.26. The van der Waals surface area contributed by atoms with Crippen LogP contribution in [0.2, 0.25) is 0 Å². The standard InChI is InChI=1S/C24H31FN8O2/c1-5-15-7-6-14(11-32(15)16-10-27-31(12-16)13-24(2,3)34)21-29-22-17-8-18(25)20(35-4)9-19(17)28-23(26)33(22)30-21/h8-10,12,14-15,34H,5-7,11,13H2,1-4H3,(H2,26,28)/t14-,15+/m0/s1. The Hall–Kier alpha value is -3.47. The number of hydrogen-bond donors (Lipinski definition) is 2. The van der Waals surface area contributed by atoms with Crippen molar-refractivity contribution >= 4 is 28.2 Å². The highest BCUT2D eigenvalue weighted by molar-refractivity contribution is 5.93. The molecule has 11 heteroatoms. The van der Waals surface area contributed by atoms with Crippen molar-refractivity contribution in [1.82, 2.24) is 29.4 Å². The number of aromatic nitrogens is 6. The molecule has 1 aromatic carbocycles. The Morgan fingerprint density at radius 2 is 2.06 bits per heavy atom. The average Bonchev–Trinajstić information content (AvgIpc) is 3.46. The van der Waals surface area contributed by atoms with Gasteiger partial charge in [0.15, 0.2) is 23.0 Å². The number of nitrogen functional groups attached to an aromatic ring is 1. The number of methoxy groups -OCH3 is 1. The van der Waals surface area contributed by atoms with Gasteiger partial charge in [-0.2, -0.15) is 9.61 Å². The largest absolute Gasteiger partial charge is 0.494 e. The third kappa shape index (κ3) is 4.36. The van der Waals surface area contributed by atoms with Gasteiger partial charge in [0.05, 0.1) is 36.7 Å². The van der Waals surface area contributed by atoms with Crippen LogP contribution in [0.5, 0.6) is 5.75 Å². The van der Waals surface area contributed by atoms with Gasteiger partial charge in [-0.15, -0.1) is 5.10 Å². The second kappa shape index (κ2) is 8.63. The average molecular weight is 483 g/mol. The molecule has 3 aromatic heterocycles. The first kappa shape index (κ1) is 23.3. The van der Waals surface area contributed by atoms with E-state index in [0.717, 1.165) is 31.5 Å². The van der Waals surface area contributed by atoms with E-state index in [1.54, 1.807) is 18.5 Å². The Morgan fingerprint density at radius 1 is 1.26 bits per heavy atom. The van der Waals surface area contributed by atoms with E-state index in [-0.39, 0.29) is 17.6 Å². The van der Waals surface area contributed by atoms with Crippen molar-refractivity contribution in [3.63, 3.8) is 0 Å². The predicted molar refractivity (Wildman–Crippen MR) is 131 cm³/mol. The van der Waals surface area contributed by atoms with Crippen LogP contribution in [0.3, 0.4) is 0 Å². The summed E-state index contributed by atoms with van der Waals surface area (Å²) in [4.78, 5) is 11.5. The molecule has 5 rings (SSSR count). The normalized spacial score (nSPS) is 19.1. The monoisotopic (exact) mass is 482 g/mol. The van der Waals surface area contributed by atoms with Crippen LogP contribution in [0.15, 0.2) is 24.5 Å². The summed E-state index contributed by atoms with van der Waals surface area (Å²) in [6.07, 6.45) is 6.74. The Kier molecular flexibility index (Phi) is 5.74. The van der Waals surface area contributed by atoms with Crippen LogP contribution in [-0.2, 0) is 6.54 Å². The molecule has 0 radical (unpaired) electrons. The van der Waals surface area contributed by atoms with Crippen LogP contribution in [0, 0.1) is 5.82 Å². The molecule has 1 aliphatic rings. The summed E-state index contributed by atoms with van der Waals surface area (Å²) in [5.41, 5.74) is 7.32. The Labute approximate surface area is 202 Å². The summed E-state index contributed by atoms with van der Waals surface area (Å²) in [5, 5.41) is 19.8. The van der Waals surface area contributed by atoms with Crippen molar-refractivity contribution < 1.29 is 14.2 Å². The van der Waals surface area contributed by atoms with Gasteiger partial charge < -0.3 is 20.5 Å². The van der Waals surface area contributed by atoms with E-state index in [9.17, 15) is 9.50 Å². The fourth-order valence-electron chi connectivity index (χ4n) is 4.94. The van der Waals surface area contributed by atoms with Gasteiger partial charge in [0.2, 0.25) is 5.95 Å². The van der Waals surface area contributed by atoms with Gasteiger partial charge in [0, 0.05) is 36.2 Å². The molecule has 10 nitrogen and oxygen atoms in total. The minimum absolute atomic E-state index is 0.0629. The van der Waals surface area contributed by atoms with Gasteiger partial charge in [0.25, 0.3) is 0 Å². The van der Waals surface area contributed by atoms with Crippen molar-refractivity contribution in [3.05, 3.63) is 36.2 Å². The molecule has 0 aliphatic carbocycles. The Morgan fingerprint density at radius 3 is 2.77 bits per heavy atom. The third-order valence-electron chi connectivity index (χ3n) is 6.63. The van der Waals surface area contributed by atoms with Crippen LogP contribution >= 0.6 is 0 Å². The second-order valence-electron chi connectivity index (χ2n) is 9.88. The lowest BCUT2D eigenvalue weighted by Crippen LogP contribution is -2.42. The number of nitrogens with two attached hydrogens (primary N) is 1. The van der Waals surface area contributed by atoms with Crippen LogP contribution in [0.1, 0.15) is 51.8 Å². The zero-order valence-corrected chi connectivity index (χ0v) is 20.4. The van der Waals surface area contributed by atoms with E-state index in [4.69, 9.17) is 15.5 Å². The number of fused-ring (bicyclic) bond motifs is 3. The molecule has 1 fully saturated rings. The summed E-state index contributed by atoms with van der Waals surface area (Å²) in [6.45, 7) is 6.85. The van der Waals surface area contributed by atoms with E-state index in [2.05, 4.69) is 27.0 Å². The van der Waals surface area contributed by atoms with E-state index in [1.807, 2.05) is 12.4 Å². The van der Waals surface area contributed by atoms with Gasteiger partial charge in [0.1, 0.15) is 0 Å². The predicted octanol–water partition coefficient (Wildman–Crippen LogP) is 3.14. The van der Waals surface area contributed by atoms with Crippen LogP contribution in [0.4, 0.5) is 16.0 Å². The highest BCUT2D eigenvalue weighted by Crippen LogP contribution is 2.35. The topological polar surface area (TPSA) is 120 Å². The molecule has 0 bridgehead atoms. The molecular weight excluding hydrogens is 451 g/mol. The first-order chi connectivity index (χ1) is 16.7. The number of benzene rings is 1. The first-order valence-corrected chi connectivity index (χ1v) is 11.9. The molecule has 0 amide bonds. The van der Waals surface area contributed by atoms with Gasteiger partial charge in [-0.1, -0.05) is 6.92 Å². The molecule has 2 atom stereocenters. The van der Waals surface area contributed by atoms with Crippen LogP contribution in [-0.4, -0.2) is 59.8 Å². The van der Waals surface area contributed by atoms with Crippen molar-refractivity contribution in [2.45, 2.75) is 64.1 Å². The summed E-state index contributed by atoms with van der Waals surface area (Å²) >= 11 is 0. The lowest BCUT2D eigenvalue weighted by Gasteiger charge is -2.39. The van der Waals surface area contributed by atoms with Crippen molar-refractivity contribution in [3.8, 4) is 5.75 Å².